The highest BCUT2D eigenvalue weighted by molar-refractivity contribution is 5.69. The lowest BCUT2D eigenvalue weighted by atomic mass is 10.2. The van der Waals surface area contributed by atoms with Gasteiger partial charge in [0, 0.05) is 25.0 Å². The molecule has 0 fully saturated rings. The van der Waals surface area contributed by atoms with Crippen LogP contribution >= 0.6 is 0 Å². The number of benzene rings is 1. The molecule has 0 radical (unpaired) electrons. The van der Waals surface area contributed by atoms with Gasteiger partial charge in [-0.05, 0) is 5.56 Å². The number of aryl methyl sites for hydroxylation is 1. The van der Waals surface area contributed by atoms with E-state index >= 15 is 0 Å². The summed E-state index contributed by atoms with van der Waals surface area (Å²) in [5.74, 6) is -0.218. The lowest BCUT2D eigenvalue weighted by molar-refractivity contribution is -0.144. The van der Waals surface area contributed by atoms with Gasteiger partial charge in [-0.25, -0.2) is 0 Å². The molecule has 92 valence electrons. The van der Waals surface area contributed by atoms with E-state index in [1.54, 1.807) is 18.6 Å². The van der Waals surface area contributed by atoms with Crippen molar-refractivity contribution in [3.05, 3.63) is 60.2 Å². The molecule has 0 amide bonds. The predicted octanol–water partition coefficient (Wildman–Crippen LogP) is 2.15. The van der Waals surface area contributed by atoms with Gasteiger partial charge in [-0.2, -0.15) is 0 Å². The Labute approximate surface area is 106 Å². The van der Waals surface area contributed by atoms with Crippen LogP contribution in [-0.4, -0.2) is 15.9 Å². The lowest BCUT2D eigenvalue weighted by Gasteiger charge is -2.04. The predicted molar refractivity (Wildman–Crippen MR) is 66.6 cm³/mol. The molecule has 0 saturated heterocycles. The molecule has 2 rings (SSSR count). The van der Waals surface area contributed by atoms with E-state index in [0.717, 1.165) is 11.3 Å². The van der Waals surface area contributed by atoms with Gasteiger partial charge in [0.05, 0.1) is 12.1 Å². The quantitative estimate of drug-likeness (QED) is 0.754. The van der Waals surface area contributed by atoms with Crippen LogP contribution in [-0.2, 0) is 22.6 Å². The van der Waals surface area contributed by atoms with Crippen LogP contribution in [0.2, 0.25) is 0 Å². The van der Waals surface area contributed by atoms with Gasteiger partial charge >= 0.3 is 5.97 Å². The molecule has 0 saturated carbocycles. The topological polar surface area (TPSA) is 52.1 Å². The molecule has 0 aliphatic rings. The van der Waals surface area contributed by atoms with Crippen LogP contribution in [0.25, 0.3) is 0 Å². The van der Waals surface area contributed by atoms with Gasteiger partial charge in [0.25, 0.3) is 0 Å². The van der Waals surface area contributed by atoms with Crippen molar-refractivity contribution in [1.29, 1.82) is 0 Å². The Morgan fingerprint density at radius 3 is 2.72 bits per heavy atom. The summed E-state index contributed by atoms with van der Waals surface area (Å²) in [6.45, 7) is 0.320. The van der Waals surface area contributed by atoms with Gasteiger partial charge in [-0.3, -0.25) is 14.8 Å². The van der Waals surface area contributed by atoms with E-state index in [4.69, 9.17) is 4.74 Å². The van der Waals surface area contributed by atoms with Crippen molar-refractivity contribution in [3.63, 3.8) is 0 Å². The van der Waals surface area contributed by atoms with Crippen LogP contribution in [0.15, 0.2) is 48.9 Å². The monoisotopic (exact) mass is 242 g/mol. The van der Waals surface area contributed by atoms with Crippen LogP contribution in [0.5, 0.6) is 0 Å². The summed E-state index contributed by atoms with van der Waals surface area (Å²) in [5, 5.41) is 0. The van der Waals surface area contributed by atoms with E-state index in [1.807, 2.05) is 30.3 Å². The molecule has 0 unspecified atom stereocenters. The number of hydrogen-bond acceptors (Lipinski definition) is 4. The molecule has 0 atom stereocenters. The third-order valence-electron chi connectivity index (χ3n) is 2.44. The van der Waals surface area contributed by atoms with Crippen LogP contribution in [0.1, 0.15) is 17.7 Å². The van der Waals surface area contributed by atoms with E-state index in [0.29, 0.717) is 19.4 Å². The highest BCUT2D eigenvalue weighted by Gasteiger charge is 2.04. The number of esters is 1. The van der Waals surface area contributed by atoms with Gasteiger partial charge in [-0.15, -0.1) is 0 Å². The second-order valence-electron chi connectivity index (χ2n) is 3.84. The van der Waals surface area contributed by atoms with Gasteiger partial charge in [-0.1, -0.05) is 30.3 Å². The first kappa shape index (κ1) is 12.2. The third kappa shape index (κ3) is 3.97. The summed E-state index contributed by atoms with van der Waals surface area (Å²) in [5.41, 5.74) is 1.79. The van der Waals surface area contributed by atoms with Crippen molar-refractivity contribution >= 4 is 5.97 Å². The molecule has 1 aromatic heterocycles. The van der Waals surface area contributed by atoms with Gasteiger partial charge < -0.3 is 4.74 Å². The van der Waals surface area contributed by atoms with Crippen molar-refractivity contribution in [2.45, 2.75) is 19.4 Å². The molecular formula is C14H14N2O2. The first-order valence-corrected chi connectivity index (χ1v) is 5.79. The van der Waals surface area contributed by atoms with Crippen molar-refractivity contribution in [1.82, 2.24) is 9.97 Å². The molecular weight excluding hydrogens is 228 g/mol. The van der Waals surface area contributed by atoms with Gasteiger partial charge in [0.2, 0.25) is 0 Å². The summed E-state index contributed by atoms with van der Waals surface area (Å²) in [4.78, 5) is 19.6. The average molecular weight is 242 g/mol. The van der Waals surface area contributed by atoms with E-state index in [-0.39, 0.29) is 5.97 Å². The number of carbonyl (C=O) groups is 1. The van der Waals surface area contributed by atoms with Gasteiger partial charge in [0.1, 0.15) is 6.61 Å². The van der Waals surface area contributed by atoms with Crippen LogP contribution < -0.4 is 0 Å². The molecule has 0 N–H and O–H groups in total. The zero-order chi connectivity index (χ0) is 12.6. The Morgan fingerprint density at radius 1 is 1.17 bits per heavy atom. The molecule has 0 spiro atoms. The van der Waals surface area contributed by atoms with Crippen LogP contribution in [0.3, 0.4) is 0 Å². The average Bonchev–Trinajstić information content (AvgIpc) is 2.45. The first-order chi connectivity index (χ1) is 8.84. The molecule has 1 aromatic carbocycles. The molecule has 0 aliphatic carbocycles. The Kier molecular flexibility index (Phi) is 4.41. The Balaban J connectivity index is 1.73. The fourth-order valence-corrected chi connectivity index (χ4v) is 1.50. The molecule has 2 aromatic rings. The second-order valence-corrected chi connectivity index (χ2v) is 3.84. The minimum atomic E-state index is -0.218. The zero-order valence-corrected chi connectivity index (χ0v) is 9.95. The highest BCUT2D eigenvalue weighted by atomic mass is 16.5. The van der Waals surface area contributed by atoms with Crippen molar-refractivity contribution in [2.75, 3.05) is 0 Å². The minimum Gasteiger partial charge on any atom is -0.461 e. The summed E-state index contributed by atoms with van der Waals surface area (Å²) >= 11 is 0. The number of ether oxygens (including phenoxy) is 1. The number of hydrogen-bond donors (Lipinski definition) is 0. The summed E-state index contributed by atoms with van der Waals surface area (Å²) in [7, 11) is 0. The fraction of sp³-hybridized carbons (Fsp3) is 0.214. The Bertz CT molecular complexity index is 440. The van der Waals surface area contributed by atoms with Crippen molar-refractivity contribution in [2.24, 2.45) is 0 Å². The lowest BCUT2D eigenvalue weighted by Crippen LogP contribution is -2.06. The molecule has 1 heterocycles. The highest BCUT2D eigenvalue weighted by Crippen LogP contribution is 2.03. The van der Waals surface area contributed by atoms with E-state index in [1.165, 1.54) is 0 Å². The third-order valence-corrected chi connectivity index (χ3v) is 2.44. The number of nitrogens with zero attached hydrogens (tertiary/aromatic N) is 2. The maximum absolute atomic E-state index is 11.5. The molecule has 0 aliphatic heterocycles. The number of carbonyl (C=O) groups excluding carboxylic acids is 1. The summed E-state index contributed by atoms with van der Waals surface area (Å²) in [6.07, 6.45) is 5.76. The maximum atomic E-state index is 11.5. The van der Waals surface area contributed by atoms with E-state index in [2.05, 4.69) is 9.97 Å². The minimum absolute atomic E-state index is 0.218. The van der Waals surface area contributed by atoms with E-state index < -0.39 is 0 Å². The van der Waals surface area contributed by atoms with Crippen molar-refractivity contribution < 1.29 is 9.53 Å². The zero-order valence-electron chi connectivity index (χ0n) is 9.95. The second kappa shape index (κ2) is 6.49. The molecule has 4 heteroatoms. The van der Waals surface area contributed by atoms with E-state index in [9.17, 15) is 4.79 Å². The standard InChI is InChI=1S/C14H14N2O2/c17-14(7-6-13-10-15-8-9-16-13)18-11-12-4-2-1-3-5-12/h1-5,8-10H,6-7,11H2. The molecule has 0 bridgehead atoms. The fourth-order valence-electron chi connectivity index (χ4n) is 1.50. The SMILES string of the molecule is O=C(CCc1cnccn1)OCc1ccccc1. The summed E-state index contributed by atoms with van der Waals surface area (Å²) in [6, 6.07) is 9.62. The normalized spacial score (nSPS) is 10.0. The smallest absolute Gasteiger partial charge is 0.306 e. The number of rotatable bonds is 5. The van der Waals surface area contributed by atoms with Crippen LogP contribution in [0, 0.1) is 0 Å². The Morgan fingerprint density at radius 2 is 2.00 bits per heavy atom. The first-order valence-electron chi connectivity index (χ1n) is 5.79. The summed E-state index contributed by atoms with van der Waals surface area (Å²) < 4.78 is 5.16. The largest absolute Gasteiger partial charge is 0.461 e. The van der Waals surface area contributed by atoms with Crippen LogP contribution in [0.4, 0.5) is 0 Å². The van der Waals surface area contributed by atoms with Crippen molar-refractivity contribution in [3.8, 4) is 0 Å². The number of aromatic nitrogens is 2. The molecule has 18 heavy (non-hydrogen) atoms. The Hall–Kier alpha value is -2.23. The maximum Gasteiger partial charge on any atom is 0.306 e. The molecule has 4 nitrogen and oxygen atoms in total. The van der Waals surface area contributed by atoms with Gasteiger partial charge in [0.15, 0.2) is 0 Å².